The Labute approximate surface area is 150 Å². The van der Waals surface area contributed by atoms with Gasteiger partial charge in [-0.1, -0.05) is 41.4 Å². The van der Waals surface area contributed by atoms with Gasteiger partial charge in [0.15, 0.2) is 0 Å². The fraction of sp³-hybridized carbons (Fsp3) is 0.111. The molecule has 0 amide bonds. The highest BCUT2D eigenvalue weighted by Gasteiger charge is 2.01. The van der Waals surface area contributed by atoms with Crippen LogP contribution in [-0.2, 0) is 6.42 Å². The first kappa shape index (κ1) is 16.6. The van der Waals surface area contributed by atoms with Gasteiger partial charge in [-0.05, 0) is 48.4 Å². The molecule has 3 aromatic rings. The van der Waals surface area contributed by atoms with Crippen molar-refractivity contribution in [2.24, 2.45) is 0 Å². The van der Waals surface area contributed by atoms with Gasteiger partial charge in [-0.2, -0.15) is 4.98 Å². The van der Waals surface area contributed by atoms with E-state index in [-0.39, 0.29) is 0 Å². The maximum absolute atomic E-state index is 5.98. The van der Waals surface area contributed by atoms with Crippen LogP contribution < -0.4 is 10.6 Å². The number of hydrogen-bond donors (Lipinski definition) is 2. The second kappa shape index (κ2) is 7.99. The van der Waals surface area contributed by atoms with E-state index in [1.54, 1.807) is 6.20 Å². The molecule has 0 saturated carbocycles. The number of aromatic nitrogens is 2. The quantitative estimate of drug-likeness (QED) is 0.637. The molecule has 0 fully saturated rings. The van der Waals surface area contributed by atoms with E-state index in [2.05, 4.69) is 20.6 Å². The van der Waals surface area contributed by atoms with Crippen LogP contribution in [0.5, 0.6) is 0 Å². The topological polar surface area (TPSA) is 49.8 Å². The zero-order valence-corrected chi connectivity index (χ0v) is 14.3. The summed E-state index contributed by atoms with van der Waals surface area (Å²) in [5.41, 5.74) is 2.07. The van der Waals surface area contributed by atoms with Gasteiger partial charge in [0.2, 0.25) is 5.95 Å². The molecule has 3 rings (SSSR count). The van der Waals surface area contributed by atoms with Crippen LogP contribution in [0.3, 0.4) is 0 Å². The van der Waals surface area contributed by atoms with Gasteiger partial charge in [0, 0.05) is 28.5 Å². The Kier molecular flexibility index (Phi) is 5.51. The third-order valence-electron chi connectivity index (χ3n) is 3.37. The van der Waals surface area contributed by atoms with E-state index < -0.39 is 0 Å². The molecule has 0 aliphatic rings. The molecule has 0 atom stereocenters. The van der Waals surface area contributed by atoms with E-state index in [1.807, 2.05) is 54.6 Å². The maximum atomic E-state index is 5.98. The van der Waals surface area contributed by atoms with Crippen molar-refractivity contribution in [2.45, 2.75) is 6.42 Å². The summed E-state index contributed by atoms with van der Waals surface area (Å²) in [4.78, 5) is 8.67. The van der Waals surface area contributed by atoms with E-state index in [0.29, 0.717) is 11.0 Å². The van der Waals surface area contributed by atoms with Crippen LogP contribution in [0.25, 0.3) is 0 Å². The molecule has 122 valence electrons. The maximum Gasteiger partial charge on any atom is 0.229 e. The predicted molar refractivity (Wildman–Crippen MR) is 100 cm³/mol. The van der Waals surface area contributed by atoms with Crippen LogP contribution in [0.1, 0.15) is 5.56 Å². The van der Waals surface area contributed by atoms with Gasteiger partial charge >= 0.3 is 0 Å². The van der Waals surface area contributed by atoms with E-state index in [0.717, 1.165) is 29.5 Å². The number of hydrogen-bond acceptors (Lipinski definition) is 4. The molecule has 1 aromatic heterocycles. The predicted octanol–water partition coefficient (Wildman–Crippen LogP) is 5.18. The van der Waals surface area contributed by atoms with Gasteiger partial charge in [-0.3, -0.25) is 0 Å². The molecule has 1 heterocycles. The fourth-order valence-corrected chi connectivity index (χ4v) is 2.51. The molecule has 24 heavy (non-hydrogen) atoms. The molecule has 0 unspecified atom stereocenters. The minimum Gasteiger partial charge on any atom is -0.370 e. The first-order valence-electron chi connectivity index (χ1n) is 7.53. The van der Waals surface area contributed by atoms with Crippen molar-refractivity contribution in [1.29, 1.82) is 0 Å². The largest absolute Gasteiger partial charge is 0.370 e. The number of anilines is 3. The summed E-state index contributed by atoms with van der Waals surface area (Å²) < 4.78 is 0. The Morgan fingerprint density at radius 2 is 1.75 bits per heavy atom. The highest BCUT2D eigenvalue weighted by molar-refractivity contribution is 6.31. The molecule has 0 aliphatic carbocycles. The van der Waals surface area contributed by atoms with E-state index >= 15 is 0 Å². The number of halogens is 2. The molecule has 0 spiro atoms. The second-order valence-corrected chi connectivity index (χ2v) is 6.08. The lowest BCUT2D eigenvalue weighted by atomic mass is 10.1. The summed E-state index contributed by atoms with van der Waals surface area (Å²) in [5.74, 6) is 1.29. The average molecular weight is 359 g/mol. The third-order valence-corrected chi connectivity index (χ3v) is 3.86. The molecule has 0 bridgehead atoms. The Morgan fingerprint density at radius 1 is 0.917 bits per heavy atom. The smallest absolute Gasteiger partial charge is 0.229 e. The summed E-state index contributed by atoms with van der Waals surface area (Å²) in [6.45, 7) is 0.773. The van der Waals surface area contributed by atoms with Crippen LogP contribution in [0.15, 0.2) is 60.8 Å². The first-order valence-corrected chi connectivity index (χ1v) is 8.28. The highest BCUT2D eigenvalue weighted by atomic mass is 35.5. The van der Waals surface area contributed by atoms with Crippen LogP contribution >= 0.6 is 23.2 Å². The van der Waals surface area contributed by atoms with Gasteiger partial charge in [0.25, 0.3) is 0 Å². The minimum absolute atomic E-state index is 0.522. The SMILES string of the molecule is Clc1ccc(CCNc2ccnc(Nc3cccc(Cl)c3)n2)cc1. The van der Waals surface area contributed by atoms with Crippen LogP contribution in [0, 0.1) is 0 Å². The first-order chi connectivity index (χ1) is 11.7. The standard InChI is InChI=1S/C18H16Cl2N4/c19-14-6-4-13(5-7-14)8-10-21-17-9-11-22-18(24-17)23-16-3-1-2-15(20)12-16/h1-7,9,11-12H,8,10H2,(H2,21,22,23,24). The lowest BCUT2D eigenvalue weighted by molar-refractivity contribution is 1.00. The zero-order valence-electron chi connectivity index (χ0n) is 12.8. The molecule has 0 aliphatic heterocycles. The van der Waals surface area contributed by atoms with Gasteiger partial charge in [0.05, 0.1) is 0 Å². The summed E-state index contributed by atoms with van der Waals surface area (Å²) in [6, 6.07) is 17.1. The summed E-state index contributed by atoms with van der Waals surface area (Å²) in [6.07, 6.45) is 2.60. The van der Waals surface area contributed by atoms with Crippen molar-refractivity contribution in [1.82, 2.24) is 9.97 Å². The molecule has 4 nitrogen and oxygen atoms in total. The molecule has 2 aromatic carbocycles. The lowest BCUT2D eigenvalue weighted by Crippen LogP contribution is -2.07. The van der Waals surface area contributed by atoms with E-state index in [4.69, 9.17) is 23.2 Å². The van der Waals surface area contributed by atoms with Crippen molar-refractivity contribution >= 4 is 40.7 Å². The molecular formula is C18H16Cl2N4. The zero-order chi connectivity index (χ0) is 16.8. The van der Waals surface area contributed by atoms with Crippen LogP contribution in [0.4, 0.5) is 17.5 Å². The average Bonchev–Trinajstić information content (AvgIpc) is 2.57. The summed E-state index contributed by atoms with van der Waals surface area (Å²) in [5, 5.41) is 7.85. The van der Waals surface area contributed by atoms with E-state index in [9.17, 15) is 0 Å². The monoisotopic (exact) mass is 358 g/mol. The van der Waals surface area contributed by atoms with Crippen molar-refractivity contribution in [3.05, 3.63) is 76.4 Å². The van der Waals surface area contributed by atoms with Crippen molar-refractivity contribution in [2.75, 3.05) is 17.2 Å². The van der Waals surface area contributed by atoms with Crippen molar-refractivity contribution in [3.63, 3.8) is 0 Å². The molecule has 6 heteroatoms. The van der Waals surface area contributed by atoms with Crippen molar-refractivity contribution in [3.8, 4) is 0 Å². The second-order valence-electron chi connectivity index (χ2n) is 5.20. The Balaban J connectivity index is 1.57. The van der Waals surface area contributed by atoms with Gasteiger partial charge in [-0.25, -0.2) is 4.98 Å². The number of benzene rings is 2. The van der Waals surface area contributed by atoms with E-state index in [1.165, 1.54) is 5.56 Å². The molecule has 0 radical (unpaired) electrons. The molecule has 0 saturated heterocycles. The van der Waals surface area contributed by atoms with Crippen LogP contribution in [-0.4, -0.2) is 16.5 Å². The highest BCUT2D eigenvalue weighted by Crippen LogP contribution is 2.18. The van der Waals surface area contributed by atoms with Gasteiger partial charge < -0.3 is 10.6 Å². The number of nitrogens with one attached hydrogen (secondary N) is 2. The molecular weight excluding hydrogens is 343 g/mol. The Hall–Kier alpha value is -2.30. The molecule has 2 N–H and O–H groups in total. The normalized spacial score (nSPS) is 10.4. The van der Waals surface area contributed by atoms with Crippen molar-refractivity contribution < 1.29 is 0 Å². The lowest BCUT2D eigenvalue weighted by Gasteiger charge is -2.09. The summed E-state index contributed by atoms with van der Waals surface area (Å²) in [7, 11) is 0. The third kappa shape index (κ3) is 4.85. The Bertz CT molecular complexity index is 806. The fourth-order valence-electron chi connectivity index (χ4n) is 2.20. The number of rotatable bonds is 6. The van der Waals surface area contributed by atoms with Crippen LogP contribution in [0.2, 0.25) is 10.0 Å². The minimum atomic E-state index is 0.522. The Morgan fingerprint density at radius 3 is 2.54 bits per heavy atom. The van der Waals surface area contributed by atoms with Gasteiger partial charge in [0.1, 0.15) is 5.82 Å². The summed E-state index contributed by atoms with van der Waals surface area (Å²) >= 11 is 11.9. The number of nitrogens with zero attached hydrogens (tertiary/aromatic N) is 2. The van der Waals surface area contributed by atoms with Gasteiger partial charge in [-0.15, -0.1) is 0 Å².